The van der Waals surface area contributed by atoms with Gasteiger partial charge in [-0.3, -0.25) is 10.1 Å². The number of hydrogen-bond acceptors (Lipinski definition) is 5. The van der Waals surface area contributed by atoms with Crippen LogP contribution in [0.2, 0.25) is 0 Å². The summed E-state index contributed by atoms with van der Waals surface area (Å²) in [5, 5.41) is 20.5. The summed E-state index contributed by atoms with van der Waals surface area (Å²) in [5.74, 6) is 0.503. The van der Waals surface area contributed by atoms with Crippen molar-refractivity contribution in [1.82, 2.24) is 0 Å². The number of aliphatic hydroxyl groups excluding tert-OH is 1. The van der Waals surface area contributed by atoms with Gasteiger partial charge in [-0.2, -0.15) is 0 Å². The first kappa shape index (κ1) is 15.7. The molecular weight excluding hydrogens is 274 g/mol. The van der Waals surface area contributed by atoms with Crippen molar-refractivity contribution in [3.05, 3.63) is 33.9 Å². The average Bonchev–Trinajstić information content (AvgIpc) is 2.96. The van der Waals surface area contributed by atoms with Crippen molar-refractivity contribution in [2.75, 3.05) is 13.2 Å². The van der Waals surface area contributed by atoms with Gasteiger partial charge in [0.05, 0.1) is 23.7 Å². The second-order valence-electron chi connectivity index (χ2n) is 5.28. The summed E-state index contributed by atoms with van der Waals surface area (Å²) in [6, 6.07) is 4.30. The summed E-state index contributed by atoms with van der Waals surface area (Å²) < 4.78 is 11.2. The van der Waals surface area contributed by atoms with E-state index < -0.39 is 11.0 Å². The molecule has 0 radical (unpaired) electrons. The fourth-order valence-corrected chi connectivity index (χ4v) is 2.47. The third-order valence-corrected chi connectivity index (χ3v) is 3.61. The standard InChI is InChI=1S/C15H21NO5/c1-11(17)14-10-12(16(18)19)6-7-15(14)21-9-3-5-13-4-2-8-20-13/h6-7,10-11,13,17H,2-5,8-9H2,1H3. The molecule has 1 fully saturated rings. The van der Waals surface area contributed by atoms with Crippen LogP contribution in [0, 0.1) is 10.1 Å². The van der Waals surface area contributed by atoms with Gasteiger partial charge in [0.1, 0.15) is 5.75 Å². The summed E-state index contributed by atoms with van der Waals surface area (Å²) in [6.07, 6.45) is 3.58. The van der Waals surface area contributed by atoms with Crippen molar-refractivity contribution >= 4 is 5.69 Å². The molecular formula is C15H21NO5. The molecule has 2 atom stereocenters. The van der Waals surface area contributed by atoms with Crippen LogP contribution >= 0.6 is 0 Å². The van der Waals surface area contributed by atoms with Crippen LogP contribution in [0.15, 0.2) is 18.2 Å². The number of benzene rings is 1. The molecule has 0 aliphatic carbocycles. The van der Waals surface area contributed by atoms with Crippen molar-refractivity contribution < 1.29 is 19.5 Å². The van der Waals surface area contributed by atoms with Gasteiger partial charge in [0.25, 0.3) is 5.69 Å². The lowest BCUT2D eigenvalue weighted by Gasteiger charge is -2.14. The molecule has 1 heterocycles. The molecule has 1 aromatic carbocycles. The van der Waals surface area contributed by atoms with Crippen LogP contribution in [-0.2, 0) is 4.74 Å². The van der Waals surface area contributed by atoms with Gasteiger partial charge in [0.2, 0.25) is 0 Å². The molecule has 6 heteroatoms. The highest BCUT2D eigenvalue weighted by Gasteiger charge is 2.17. The third kappa shape index (κ3) is 4.41. The van der Waals surface area contributed by atoms with Crippen molar-refractivity contribution in [3.8, 4) is 5.75 Å². The van der Waals surface area contributed by atoms with Gasteiger partial charge >= 0.3 is 0 Å². The minimum absolute atomic E-state index is 0.0439. The van der Waals surface area contributed by atoms with Gasteiger partial charge < -0.3 is 14.6 Å². The Morgan fingerprint density at radius 1 is 1.57 bits per heavy atom. The maximum atomic E-state index is 10.8. The first-order valence-electron chi connectivity index (χ1n) is 7.28. The van der Waals surface area contributed by atoms with E-state index >= 15 is 0 Å². The van der Waals surface area contributed by atoms with Gasteiger partial charge in [-0.1, -0.05) is 0 Å². The van der Waals surface area contributed by atoms with E-state index in [2.05, 4.69) is 0 Å². The second kappa shape index (κ2) is 7.38. The monoisotopic (exact) mass is 295 g/mol. The summed E-state index contributed by atoms with van der Waals surface area (Å²) in [4.78, 5) is 10.3. The Hall–Kier alpha value is -1.66. The van der Waals surface area contributed by atoms with Crippen LogP contribution in [0.3, 0.4) is 0 Å². The van der Waals surface area contributed by atoms with Gasteiger partial charge in [-0.25, -0.2) is 0 Å². The molecule has 116 valence electrons. The Kier molecular flexibility index (Phi) is 5.52. The zero-order valence-corrected chi connectivity index (χ0v) is 12.2. The lowest BCUT2D eigenvalue weighted by molar-refractivity contribution is -0.385. The largest absolute Gasteiger partial charge is 0.493 e. The van der Waals surface area contributed by atoms with Crippen molar-refractivity contribution in [2.45, 2.75) is 44.8 Å². The lowest BCUT2D eigenvalue weighted by Crippen LogP contribution is -2.08. The number of non-ortho nitro benzene ring substituents is 1. The fourth-order valence-electron chi connectivity index (χ4n) is 2.47. The minimum atomic E-state index is -0.807. The van der Waals surface area contributed by atoms with E-state index in [-0.39, 0.29) is 5.69 Å². The van der Waals surface area contributed by atoms with Crippen LogP contribution in [0.25, 0.3) is 0 Å². The van der Waals surface area contributed by atoms with E-state index in [1.807, 2.05) is 0 Å². The molecule has 0 saturated carbocycles. The molecule has 21 heavy (non-hydrogen) atoms. The van der Waals surface area contributed by atoms with Gasteiger partial charge in [0.15, 0.2) is 0 Å². The molecule has 1 N–H and O–H groups in total. The number of aliphatic hydroxyl groups is 1. The molecule has 0 spiro atoms. The quantitative estimate of drug-likeness (QED) is 0.475. The van der Waals surface area contributed by atoms with E-state index in [9.17, 15) is 15.2 Å². The van der Waals surface area contributed by atoms with Gasteiger partial charge in [-0.05, 0) is 38.7 Å². The summed E-state index contributed by atoms with van der Waals surface area (Å²) in [6.45, 7) is 2.93. The number of ether oxygens (including phenoxy) is 2. The lowest BCUT2D eigenvalue weighted by atomic mass is 10.1. The third-order valence-electron chi connectivity index (χ3n) is 3.61. The Morgan fingerprint density at radius 2 is 2.38 bits per heavy atom. The van der Waals surface area contributed by atoms with Crippen molar-refractivity contribution in [1.29, 1.82) is 0 Å². The molecule has 1 aliphatic heterocycles. The van der Waals surface area contributed by atoms with Crippen molar-refractivity contribution in [3.63, 3.8) is 0 Å². The van der Waals surface area contributed by atoms with E-state index in [0.29, 0.717) is 24.0 Å². The normalized spacial score (nSPS) is 19.4. The highest BCUT2D eigenvalue weighted by molar-refractivity contribution is 5.44. The predicted octanol–water partition coefficient (Wildman–Crippen LogP) is 2.99. The molecule has 0 aromatic heterocycles. The molecule has 0 bridgehead atoms. The smallest absolute Gasteiger partial charge is 0.270 e. The highest BCUT2D eigenvalue weighted by Crippen LogP contribution is 2.29. The van der Waals surface area contributed by atoms with Crippen LogP contribution in [0.4, 0.5) is 5.69 Å². The Morgan fingerprint density at radius 3 is 3.00 bits per heavy atom. The minimum Gasteiger partial charge on any atom is -0.493 e. The van der Waals surface area contributed by atoms with E-state index in [0.717, 1.165) is 32.3 Å². The van der Waals surface area contributed by atoms with E-state index in [1.165, 1.54) is 12.1 Å². The second-order valence-corrected chi connectivity index (χ2v) is 5.28. The topological polar surface area (TPSA) is 81.8 Å². The Labute approximate surface area is 123 Å². The van der Waals surface area contributed by atoms with E-state index in [4.69, 9.17) is 9.47 Å². The zero-order chi connectivity index (χ0) is 15.2. The highest BCUT2D eigenvalue weighted by atomic mass is 16.6. The summed E-state index contributed by atoms with van der Waals surface area (Å²) in [7, 11) is 0. The maximum absolute atomic E-state index is 10.8. The Bertz CT molecular complexity index is 483. The average molecular weight is 295 g/mol. The van der Waals surface area contributed by atoms with E-state index in [1.54, 1.807) is 13.0 Å². The number of nitrogens with zero attached hydrogens (tertiary/aromatic N) is 1. The molecule has 6 nitrogen and oxygen atoms in total. The fraction of sp³-hybridized carbons (Fsp3) is 0.600. The summed E-state index contributed by atoms with van der Waals surface area (Å²) >= 11 is 0. The molecule has 1 aliphatic rings. The van der Waals surface area contributed by atoms with Gasteiger partial charge in [0, 0.05) is 24.3 Å². The van der Waals surface area contributed by atoms with Crippen molar-refractivity contribution in [2.24, 2.45) is 0 Å². The first-order chi connectivity index (χ1) is 10.1. The van der Waals surface area contributed by atoms with Crippen LogP contribution in [0.1, 0.15) is 44.3 Å². The molecule has 2 unspecified atom stereocenters. The number of nitro groups is 1. The predicted molar refractivity (Wildman–Crippen MR) is 77.4 cm³/mol. The molecule has 2 rings (SSSR count). The molecule has 1 saturated heterocycles. The SMILES string of the molecule is CC(O)c1cc([N+](=O)[O-])ccc1OCCCC1CCCO1. The van der Waals surface area contributed by atoms with Crippen LogP contribution in [0.5, 0.6) is 5.75 Å². The number of nitro benzene ring substituents is 1. The number of rotatable bonds is 7. The van der Waals surface area contributed by atoms with Crippen LogP contribution < -0.4 is 4.74 Å². The Balaban J connectivity index is 1.90. The van der Waals surface area contributed by atoms with Gasteiger partial charge in [-0.15, -0.1) is 0 Å². The maximum Gasteiger partial charge on any atom is 0.270 e. The molecule has 1 aromatic rings. The van der Waals surface area contributed by atoms with Crippen LogP contribution in [-0.4, -0.2) is 29.3 Å². The number of hydrogen-bond donors (Lipinski definition) is 1. The summed E-state index contributed by atoms with van der Waals surface area (Å²) in [5.41, 5.74) is 0.402. The molecule has 0 amide bonds. The first-order valence-corrected chi connectivity index (χ1v) is 7.28. The zero-order valence-electron chi connectivity index (χ0n) is 12.2.